The zero-order chi connectivity index (χ0) is 16.7. The molecular formula is C22H26SiZr. The van der Waals surface area contributed by atoms with Crippen LogP contribution in [0.5, 0.6) is 0 Å². The predicted molar refractivity (Wildman–Crippen MR) is 108 cm³/mol. The first-order valence-corrected chi connectivity index (χ1v) is 9.96. The van der Waals surface area contributed by atoms with Gasteiger partial charge < -0.3 is 2.85 Å². The monoisotopic (exact) mass is 408 g/mol. The molecule has 0 aliphatic carbocycles. The fourth-order valence-electron chi connectivity index (χ4n) is 2.61. The number of hydrogen-bond donors (Lipinski definition) is 0. The van der Waals surface area contributed by atoms with E-state index in [1.165, 1.54) is 32.7 Å². The Morgan fingerprint density at radius 1 is 0.708 bits per heavy atom. The zero-order valence-corrected chi connectivity index (χ0v) is 18.4. The Balaban J connectivity index is 0. The Morgan fingerprint density at radius 2 is 1.04 bits per heavy atom. The molecule has 0 saturated carbocycles. The molecule has 4 aromatic rings. The van der Waals surface area contributed by atoms with Crippen LogP contribution in [0.3, 0.4) is 0 Å². The molecule has 0 bridgehead atoms. The quantitative estimate of drug-likeness (QED) is 0.223. The van der Waals surface area contributed by atoms with Crippen LogP contribution in [0, 0.1) is 13.8 Å². The van der Waals surface area contributed by atoms with Gasteiger partial charge in [-0.15, -0.1) is 81.2 Å². The summed E-state index contributed by atoms with van der Waals surface area (Å²) in [7, 11) is 1.08. The van der Waals surface area contributed by atoms with Crippen molar-refractivity contribution in [3.8, 4) is 0 Å². The molecule has 2 radical (unpaired) electrons. The van der Waals surface area contributed by atoms with Crippen LogP contribution in [0.25, 0.3) is 21.5 Å². The van der Waals surface area contributed by atoms with Crippen molar-refractivity contribution in [3.63, 3.8) is 0 Å². The van der Waals surface area contributed by atoms with Gasteiger partial charge in [-0.05, 0) is 0 Å². The van der Waals surface area contributed by atoms with Crippen LogP contribution < -0.4 is 0 Å². The summed E-state index contributed by atoms with van der Waals surface area (Å²) in [4.78, 5) is 0. The summed E-state index contributed by atoms with van der Waals surface area (Å²) in [5.41, 5.74) is 2.70. The third kappa shape index (κ3) is 6.00. The van der Waals surface area contributed by atoms with Gasteiger partial charge in [0.1, 0.15) is 0 Å². The number of hydrogen-bond acceptors (Lipinski definition) is 0. The number of aryl methyl sites for hydroxylation is 2. The SMILES string of the molecule is C[Si]C.Cc1cc2ccccc2[cH-]1.Cc1cc2ccccc2[cH-]1.[H-].[H-].[Zr+4]. The maximum Gasteiger partial charge on any atom is 4.00 e. The second-order valence-corrected chi connectivity index (χ2v) is 6.82. The van der Waals surface area contributed by atoms with E-state index in [1.54, 1.807) is 0 Å². The van der Waals surface area contributed by atoms with Gasteiger partial charge in [-0.25, -0.2) is 0 Å². The van der Waals surface area contributed by atoms with Crippen molar-refractivity contribution in [1.29, 1.82) is 0 Å². The van der Waals surface area contributed by atoms with Crippen LogP contribution in [-0.4, -0.2) is 9.52 Å². The van der Waals surface area contributed by atoms with E-state index >= 15 is 0 Å². The van der Waals surface area contributed by atoms with Crippen LogP contribution in [-0.2, 0) is 26.2 Å². The molecule has 24 heavy (non-hydrogen) atoms. The molecule has 0 atom stereocenters. The third-order valence-corrected chi connectivity index (χ3v) is 3.52. The number of fused-ring (bicyclic) bond motifs is 2. The molecule has 4 rings (SSSR count). The van der Waals surface area contributed by atoms with Crippen LogP contribution in [0.2, 0.25) is 13.1 Å². The molecule has 0 unspecified atom stereocenters. The zero-order valence-electron chi connectivity index (χ0n) is 16.9. The van der Waals surface area contributed by atoms with Gasteiger partial charge in [-0.1, -0.05) is 39.1 Å². The maximum absolute atomic E-state index is 2.20. The van der Waals surface area contributed by atoms with Crippen LogP contribution in [0.1, 0.15) is 14.0 Å². The Hall–Kier alpha value is -1.24. The topological polar surface area (TPSA) is 0 Å². The molecule has 0 aliphatic rings. The van der Waals surface area contributed by atoms with E-state index in [0.717, 1.165) is 9.52 Å². The fraction of sp³-hybridized carbons (Fsp3) is 0.182. The molecule has 4 aromatic carbocycles. The Kier molecular flexibility index (Phi) is 9.18. The van der Waals surface area contributed by atoms with Gasteiger partial charge in [0.05, 0.1) is 0 Å². The molecule has 2 heteroatoms. The van der Waals surface area contributed by atoms with Gasteiger partial charge in [-0.3, -0.25) is 0 Å². The maximum atomic E-state index is 2.20. The van der Waals surface area contributed by atoms with Gasteiger partial charge in [0.25, 0.3) is 0 Å². The minimum absolute atomic E-state index is 0. The Bertz CT molecular complexity index is 726. The molecule has 0 aromatic heterocycles. The normalized spacial score (nSPS) is 9.50. The molecule has 0 fully saturated rings. The predicted octanol–water partition coefficient (Wildman–Crippen LogP) is 6.74. The minimum Gasteiger partial charge on any atom is -1.00 e. The average molecular weight is 410 g/mol. The standard InChI is InChI=1S/2C10H9.C2H6Si.Zr.2H/c2*1-8-6-9-4-2-3-5-10(9)7-8;1-3-2;;;/h2*2-7H,1H3;1-2H3;;;/q2*-1;;+4;2*-1. The van der Waals surface area contributed by atoms with Crippen molar-refractivity contribution < 1.29 is 29.1 Å². The molecule has 0 amide bonds. The van der Waals surface area contributed by atoms with Gasteiger partial charge in [0.15, 0.2) is 0 Å². The summed E-state index contributed by atoms with van der Waals surface area (Å²) in [6.45, 7) is 8.56. The van der Waals surface area contributed by atoms with Gasteiger partial charge >= 0.3 is 26.2 Å². The fourth-order valence-corrected chi connectivity index (χ4v) is 2.61. The number of benzene rings is 2. The third-order valence-electron chi connectivity index (χ3n) is 3.52. The van der Waals surface area contributed by atoms with E-state index in [9.17, 15) is 0 Å². The molecule has 0 heterocycles. The first-order valence-electron chi connectivity index (χ1n) is 7.96. The summed E-state index contributed by atoms with van der Waals surface area (Å²) < 4.78 is 0. The van der Waals surface area contributed by atoms with Crippen molar-refractivity contribution in [2.45, 2.75) is 26.9 Å². The Labute approximate surface area is 170 Å². The first kappa shape index (κ1) is 20.8. The first-order chi connectivity index (χ1) is 11.1. The summed E-state index contributed by atoms with van der Waals surface area (Å²) in [5.74, 6) is 0. The summed E-state index contributed by atoms with van der Waals surface area (Å²) >= 11 is 0. The number of rotatable bonds is 0. The minimum atomic E-state index is 0. The second kappa shape index (κ2) is 10.6. The second-order valence-electron chi connectivity index (χ2n) is 5.82. The largest absolute Gasteiger partial charge is 4.00 e. The van der Waals surface area contributed by atoms with Crippen molar-refractivity contribution >= 4 is 31.1 Å². The molecule has 0 aliphatic heterocycles. The van der Waals surface area contributed by atoms with Crippen molar-refractivity contribution in [3.05, 3.63) is 83.9 Å². The van der Waals surface area contributed by atoms with Crippen LogP contribution in [0.15, 0.2) is 72.8 Å². The smallest absolute Gasteiger partial charge is 1.00 e. The summed E-state index contributed by atoms with van der Waals surface area (Å²) in [6, 6.07) is 25.7. The van der Waals surface area contributed by atoms with E-state index in [0.29, 0.717) is 0 Å². The molecule has 0 spiro atoms. The van der Waals surface area contributed by atoms with Crippen LogP contribution in [0.4, 0.5) is 0 Å². The van der Waals surface area contributed by atoms with E-state index < -0.39 is 0 Å². The van der Waals surface area contributed by atoms with E-state index in [1.807, 2.05) is 0 Å². The molecule has 0 saturated heterocycles. The van der Waals surface area contributed by atoms with E-state index in [2.05, 4.69) is 99.7 Å². The van der Waals surface area contributed by atoms with Crippen LogP contribution >= 0.6 is 0 Å². The van der Waals surface area contributed by atoms with Crippen molar-refractivity contribution in [1.82, 2.24) is 0 Å². The van der Waals surface area contributed by atoms with Gasteiger partial charge in [0.2, 0.25) is 0 Å². The van der Waals surface area contributed by atoms with Gasteiger partial charge in [0, 0.05) is 9.52 Å². The van der Waals surface area contributed by atoms with E-state index in [-0.39, 0.29) is 29.1 Å². The molecule has 0 nitrogen and oxygen atoms in total. The van der Waals surface area contributed by atoms with E-state index in [4.69, 9.17) is 0 Å². The van der Waals surface area contributed by atoms with Crippen molar-refractivity contribution in [2.75, 3.05) is 0 Å². The summed E-state index contributed by atoms with van der Waals surface area (Å²) in [5, 5.41) is 5.39. The molecule has 122 valence electrons. The Morgan fingerprint density at radius 3 is 1.38 bits per heavy atom. The average Bonchev–Trinajstić information content (AvgIpc) is 3.08. The van der Waals surface area contributed by atoms with Crippen molar-refractivity contribution in [2.24, 2.45) is 0 Å². The summed E-state index contributed by atoms with van der Waals surface area (Å²) in [6.07, 6.45) is 0. The van der Waals surface area contributed by atoms with Gasteiger partial charge in [-0.2, -0.15) is 12.1 Å². The molecule has 0 N–H and O–H groups in total. The molecular weight excluding hydrogens is 384 g/mol.